The lowest BCUT2D eigenvalue weighted by Crippen LogP contribution is -2.50. The molecule has 3 atom stereocenters. The second kappa shape index (κ2) is 8.16. The number of nitrogens with zero attached hydrogens (tertiary/aromatic N) is 2. The van der Waals surface area contributed by atoms with Crippen molar-refractivity contribution in [2.45, 2.75) is 31.7 Å². The smallest absolute Gasteiger partial charge is 0.255 e. The number of morpholine rings is 1. The Labute approximate surface area is 164 Å². The van der Waals surface area contributed by atoms with Crippen molar-refractivity contribution in [2.24, 2.45) is 0 Å². The summed E-state index contributed by atoms with van der Waals surface area (Å²) in [6.07, 6.45) is 2.82. The van der Waals surface area contributed by atoms with Crippen LogP contribution >= 0.6 is 0 Å². The third-order valence-corrected chi connectivity index (χ3v) is 5.46. The van der Waals surface area contributed by atoms with Crippen LogP contribution in [0.15, 0.2) is 53.3 Å². The lowest BCUT2D eigenvalue weighted by atomic mass is 10.1. The molecule has 0 aliphatic carbocycles. The van der Waals surface area contributed by atoms with Gasteiger partial charge in [0, 0.05) is 26.2 Å². The zero-order chi connectivity index (χ0) is 19.5. The van der Waals surface area contributed by atoms with Gasteiger partial charge < -0.3 is 19.4 Å². The predicted octanol–water partition coefficient (Wildman–Crippen LogP) is 1.51. The molecule has 7 nitrogen and oxygen atoms in total. The van der Waals surface area contributed by atoms with Gasteiger partial charge in [-0.3, -0.25) is 14.5 Å². The third kappa shape index (κ3) is 3.95. The molecule has 28 heavy (non-hydrogen) atoms. The Morgan fingerprint density at radius 2 is 2.04 bits per heavy atom. The predicted molar refractivity (Wildman–Crippen MR) is 103 cm³/mol. The Kier molecular flexibility index (Phi) is 5.45. The first kappa shape index (κ1) is 18.7. The number of carbonyl (C=O) groups excluding carboxylic acids is 2. The largest absolute Gasteiger partial charge is 0.472 e. The summed E-state index contributed by atoms with van der Waals surface area (Å²) < 4.78 is 10.9. The fourth-order valence-electron chi connectivity index (χ4n) is 3.96. The molecule has 148 valence electrons. The van der Waals surface area contributed by atoms with Gasteiger partial charge in [0.15, 0.2) is 0 Å². The van der Waals surface area contributed by atoms with Crippen LogP contribution in [0.25, 0.3) is 0 Å². The normalized spacial score (nSPS) is 23.2. The fraction of sp³-hybridized carbons (Fsp3) is 0.429. The molecule has 2 fully saturated rings. The minimum absolute atomic E-state index is 0.0122. The van der Waals surface area contributed by atoms with Crippen LogP contribution in [0.2, 0.25) is 0 Å². The highest BCUT2D eigenvalue weighted by Crippen LogP contribution is 2.25. The molecule has 0 bridgehead atoms. The summed E-state index contributed by atoms with van der Waals surface area (Å²) in [7, 11) is 0. The lowest BCUT2D eigenvalue weighted by Gasteiger charge is -2.36. The van der Waals surface area contributed by atoms with Crippen LogP contribution in [0.1, 0.15) is 22.8 Å². The number of hydrogen-bond acceptors (Lipinski definition) is 5. The van der Waals surface area contributed by atoms with Crippen LogP contribution in [-0.4, -0.2) is 66.0 Å². The summed E-state index contributed by atoms with van der Waals surface area (Å²) in [5.74, 6) is -0.400. The number of ether oxygens (including phenoxy) is 1. The topological polar surface area (TPSA) is 75.0 Å². The number of furan rings is 1. The van der Waals surface area contributed by atoms with Crippen LogP contribution in [0, 0.1) is 0 Å². The van der Waals surface area contributed by atoms with Crippen molar-refractivity contribution in [3.05, 3.63) is 60.1 Å². The summed E-state index contributed by atoms with van der Waals surface area (Å²) in [4.78, 5) is 29.2. The first-order valence-electron chi connectivity index (χ1n) is 9.63. The monoisotopic (exact) mass is 383 g/mol. The highest BCUT2D eigenvalue weighted by molar-refractivity contribution is 5.97. The maximum absolute atomic E-state index is 12.9. The Balaban J connectivity index is 1.37. The minimum Gasteiger partial charge on any atom is -0.472 e. The number of rotatable bonds is 5. The number of nitrogens with one attached hydrogen (secondary N) is 1. The second-order valence-corrected chi connectivity index (χ2v) is 7.38. The quantitative estimate of drug-likeness (QED) is 0.847. The fourth-order valence-corrected chi connectivity index (χ4v) is 3.96. The SMILES string of the molecule is C[C@H](NC(=O)c1ccoc1)C(=O)N1C[C@@H]2OCCN(Cc3ccccc3)[C@H]2C1. The molecule has 2 amide bonds. The first-order chi connectivity index (χ1) is 13.6. The number of hydrogen-bond donors (Lipinski definition) is 1. The van der Waals surface area contributed by atoms with Crippen molar-refractivity contribution in [3.63, 3.8) is 0 Å². The lowest BCUT2D eigenvalue weighted by molar-refractivity contribution is -0.132. The van der Waals surface area contributed by atoms with Crippen molar-refractivity contribution < 1.29 is 18.7 Å². The van der Waals surface area contributed by atoms with E-state index in [0.717, 1.165) is 13.1 Å². The van der Waals surface area contributed by atoms with E-state index in [1.165, 1.54) is 18.1 Å². The van der Waals surface area contributed by atoms with E-state index < -0.39 is 6.04 Å². The van der Waals surface area contributed by atoms with E-state index in [2.05, 4.69) is 22.3 Å². The zero-order valence-electron chi connectivity index (χ0n) is 15.9. The van der Waals surface area contributed by atoms with Gasteiger partial charge in [-0.1, -0.05) is 30.3 Å². The van der Waals surface area contributed by atoms with Gasteiger partial charge in [0.1, 0.15) is 12.3 Å². The first-order valence-corrected chi connectivity index (χ1v) is 9.63. The molecular formula is C21H25N3O4. The summed E-state index contributed by atoms with van der Waals surface area (Å²) in [5, 5.41) is 2.75. The molecule has 0 spiro atoms. The van der Waals surface area contributed by atoms with Crippen molar-refractivity contribution >= 4 is 11.8 Å². The molecule has 0 saturated carbocycles. The molecule has 2 aliphatic heterocycles. The second-order valence-electron chi connectivity index (χ2n) is 7.38. The van der Waals surface area contributed by atoms with Gasteiger partial charge in [-0.2, -0.15) is 0 Å². The van der Waals surface area contributed by atoms with Gasteiger partial charge in [0.2, 0.25) is 5.91 Å². The highest BCUT2D eigenvalue weighted by atomic mass is 16.5. The van der Waals surface area contributed by atoms with Gasteiger partial charge in [-0.25, -0.2) is 0 Å². The van der Waals surface area contributed by atoms with Crippen molar-refractivity contribution in [1.29, 1.82) is 0 Å². The molecule has 1 aromatic carbocycles. The van der Waals surface area contributed by atoms with E-state index in [-0.39, 0.29) is 24.0 Å². The molecule has 7 heteroatoms. The van der Waals surface area contributed by atoms with E-state index >= 15 is 0 Å². The van der Waals surface area contributed by atoms with Gasteiger partial charge >= 0.3 is 0 Å². The molecule has 1 N–H and O–H groups in total. The van der Waals surface area contributed by atoms with Gasteiger partial charge in [-0.15, -0.1) is 0 Å². The molecule has 1 aromatic heterocycles. The number of benzene rings is 1. The maximum Gasteiger partial charge on any atom is 0.255 e. The van der Waals surface area contributed by atoms with Crippen LogP contribution in [0.5, 0.6) is 0 Å². The number of likely N-dealkylation sites (tertiary alicyclic amines) is 1. The van der Waals surface area contributed by atoms with Crippen molar-refractivity contribution in [3.8, 4) is 0 Å². The van der Waals surface area contributed by atoms with Gasteiger partial charge in [0.25, 0.3) is 5.91 Å². The van der Waals surface area contributed by atoms with Crippen LogP contribution < -0.4 is 5.32 Å². The third-order valence-electron chi connectivity index (χ3n) is 5.46. The summed E-state index contributed by atoms with van der Waals surface area (Å²) in [6, 6.07) is 11.5. The van der Waals surface area contributed by atoms with Crippen LogP contribution in [-0.2, 0) is 16.1 Å². The Morgan fingerprint density at radius 1 is 1.21 bits per heavy atom. The molecular weight excluding hydrogens is 358 g/mol. The molecule has 3 heterocycles. The molecule has 2 aromatic rings. The average Bonchev–Trinajstić information content (AvgIpc) is 3.38. The van der Waals surface area contributed by atoms with E-state index in [0.29, 0.717) is 25.3 Å². The van der Waals surface area contributed by atoms with E-state index in [1.54, 1.807) is 17.9 Å². The molecule has 2 saturated heterocycles. The van der Waals surface area contributed by atoms with E-state index in [9.17, 15) is 9.59 Å². The molecule has 2 aliphatic rings. The summed E-state index contributed by atoms with van der Waals surface area (Å²) >= 11 is 0. The van der Waals surface area contributed by atoms with Crippen LogP contribution in [0.4, 0.5) is 0 Å². The molecule has 0 unspecified atom stereocenters. The number of amides is 2. The number of carbonyl (C=O) groups is 2. The summed E-state index contributed by atoms with van der Waals surface area (Å²) in [5.41, 5.74) is 1.67. The standard InChI is InChI=1S/C21H25N3O4/c1-15(22-20(25)17-7-9-27-14-17)21(26)24-12-18-19(13-24)28-10-8-23(18)11-16-5-3-2-4-6-16/h2-7,9,14-15,18-19H,8,10-13H2,1H3,(H,22,25)/t15-,18-,19-/m0/s1. The molecule has 4 rings (SSSR count). The van der Waals surface area contributed by atoms with Crippen molar-refractivity contribution in [2.75, 3.05) is 26.2 Å². The van der Waals surface area contributed by atoms with E-state index in [4.69, 9.17) is 9.15 Å². The zero-order valence-corrected chi connectivity index (χ0v) is 15.9. The van der Waals surface area contributed by atoms with Gasteiger partial charge in [0.05, 0.1) is 30.6 Å². The average molecular weight is 383 g/mol. The van der Waals surface area contributed by atoms with E-state index in [1.807, 2.05) is 18.2 Å². The van der Waals surface area contributed by atoms with Crippen molar-refractivity contribution in [1.82, 2.24) is 15.1 Å². The Bertz CT molecular complexity index is 808. The Hall–Kier alpha value is -2.64. The summed E-state index contributed by atoms with van der Waals surface area (Å²) in [6.45, 7) is 5.25. The maximum atomic E-state index is 12.9. The minimum atomic E-state index is -0.606. The van der Waals surface area contributed by atoms with Gasteiger partial charge in [-0.05, 0) is 18.6 Å². The number of fused-ring (bicyclic) bond motifs is 1. The highest BCUT2D eigenvalue weighted by Gasteiger charge is 2.42. The molecule has 0 radical (unpaired) electrons. The Morgan fingerprint density at radius 3 is 2.79 bits per heavy atom. The van der Waals surface area contributed by atoms with Crippen LogP contribution in [0.3, 0.4) is 0 Å².